The normalized spacial score (nSPS) is 15.5. The maximum atomic E-state index is 11.8. The lowest BCUT2D eigenvalue weighted by Gasteiger charge is -2.27. The van der Waals surface area contributed by atoms with E-state index in [0.717, 1.165) is 38.2 Å². The van der Waals surface area contributed by atoms with Gasteiger partial charge >= 0.3 is 0 Å². The summed E-state index contributed by atoms with van der Waals surface area (Å²) >= 11 is 0. The van der Waals surface area contributed by atoms with E-state index < -0.39 is 0 Å². The third-order valence-electron chi connectivity index (χ3n) is 3.84. The second-order valence-electron chi connectivity index (χ2n) is 5.46. The molecule has 0 saturated carbocycles. The summed E-state index contributed by atoms with van der Waals surface area (Å²) in [5, 5.41) is 4.25. The molecule has 22 heavy (non-hydrogen) atoms. The van der Waals surface area contributed by atoms with Crippen LogP contribution in [-0.2, 0) is 6.54 Å². The van der Waals surface area contributed by atoms with Crippen LogP contribution in [0.3, 0.4) is 0 Å². The van der Waals surface area contributed by atoms with Crippen molar-refractivity contribution in [3.63, 3.8) is 0 Å². The number of carbonyl (C=O) groups excluding carboxylic acids is 1. The molecule has 0 atom stereocenters. The van der Waals surface area contributed by atoms with Crippen molar-refractivity contribution in [2.75, 3.05) is 13.1 Å². The van der Waals surface area contributed by atoms with Crippen molar-refractivity contribution in [1.82, 2.24) is 15.3 Å². The van der Waals surface area contributed by atoms with Gasteiger partial charge in [-0.15, -0.1) is 0 Å². The average Bonchev–Trinajstić information content (AvgIpc) is 3.09. The van der Waals surface area contributed by atoms with Gasteiger partial charge in [0.1, 0.15) is 5.69 Å². The number of amides is 1. The Morgan fingerprint density at radius 1 is 1.14 bits per heavy atom. The lowest BCUT2D eigenvalue weighted by Crippen LogP contribution is -2.34. The van der Waals surface area contributed by atoms with Crippen LogP contribution in [0.15, 0.2) is 53.8 Å². The first-order valence-corrected chi connectivity index (χ1v) is 7.57. The molecule has 1 saturated heterocycles. The molecule has 2 heterocycles. The molecule has 1 fully saturated rings. The van der Waals surface area contributed by atoms with E-state index in [0.29, 0.717) is 5.69 Å². The Bertz CT molecular complexity index is 624. The molecule has 114 valence electrons. The van der Waals surface area contributed by atoms with Crippen LogP contribution in [0.2, 0.25) is 0 Å². The van der Waals surface area contributed by atoms with Gasteiger partial charge in [0.2, 0.25) is 0 Å². The summed E-state index contributed by atoms with van der Waals surface area (Å²) in [5.74, 6) is -0.191. The monoisotopic (exact) mass is 296 g/mol. The fourth-order valence-electron chi connectivity index (χ4n) is 2.58. The smallest absolute Gasteiger partial charge is 0.287 e. The zero-order chi connectivity index (χ0) is 15.2. The molecule has 0 unspecified atom stereocenters. The molecule has 1 aromatic carbocycles. The summed E-state index contributed by atoms with van der Waals surface area (Å²) in [4.78, 5) is 17.1. The van der Waals surface area contributed by atoms with Gasteiger partial charge in [-0.2, -0.15) is 5.10 Å². The van der Waals surface area contributed by atoms with Crippen molar-refractivity contribution in [2.24, 2.45) is 5.10 Å². The highest BCUT2D eigenvalue weighted by Crippen LogP contribution is 2.11. The van der Waals surface area contributed by atoms with Gasteiger partial charge in [-0.1, -0.05) is 30.3 Å². The molecule has 1 aliphatic rings. The molecule has 0 aliphatic carbocycles. The fraction of sp³-hybridized carbons (Fsp3) is 0.294. The third-order valence-corrected chi connectivity index (χ3v) is 3.84. The van der Waals surface area contributed by atoms with E-state index in [4.69, 9.17) is 0 Å². The fourth-order valence-corrected chi connectivity index (χ4v) is 2.58. The third kappa shape index (κ3) is 3.83. The Morgan fingerprint density at radius 3 is 2.59 bits per heavy atom. The van der Waals surface area contributed by atoms with Gasteiger partial charge in [0.05, 0.1) is 0 Å². The van der Waals surface area contributed by atoms with E-state index in [1.807, 2.05) is 6.07 Å². The van der Waals surface area contributed by atoms with Crippen LogP contribution >= 0.6 is 0 Å². The number of piperidine rings is 1. The first-order valence-electron chi connectivity index (χ1n) is 7.57. The Morgan fingerprint density at radius 2 is 1.91 bits per heavy atom. The van der Waals surface area contributed by atoms with Crippen LogP contribution in [0, 0.1) is 0 Å². The molecule has 0 bridgehead atoms. The second-order valence-corrected chi connectivity index (χ2v) is 5.46. The van der Waals surface area contributed by atoms with Gasteiger partial charge in [-0.05, 0) is 17.7 Å². The number of nitrogens with zero attached hydrogens (tertiary/aromatic N) is 2. The number of nitrogens with one attached hydrogen (secondary N) is 2. The largest absolute Gasteiger partial charge is 0.357 e. The predicted molar refractivity (Wildman–Crippen MR) is 86.6 cm³/mol. The zero-order valence-corrected chi connectivity index (χ0v) is 12.5. The van der Waals surface area contributed by atoms with E-state index >= 15 is 0 Å². The average molecular weight is 296 g/mol. The van der Waals surface area contributed by atoms with Gasteiger partial charge in [0, 0.05) is 44.4 Å². The minimum absolute atomic E-state index is 0.191. The number of benzene rings is 1. The molecule has 1 amide bonds. The van der Waals surface area contributed by atoms with E-state index in [1.54, 1.807) is 18.3 Å². The SMILES string of the molecule is O=C(NN=C1CCN(Cc2ccccc2)CC1)c1ccc[nH]1. The Balaban J connectivity index is 1.47. The van der Waals surface area contributed by atoms with Gasteiger partial charge in [-0.3, -0.25) is 9.69 Å². The summed E-state index contributed by atoms with van der Waals surface area (Å²) in [6, 6.07) is 14.0. The number of aromatic nitrogens is 1. The van der Waals surface area contributed by atoms with Crippen LogP contribution in [0.4, 0.5) is 0 Å². The highest BCUT2D eigenvalue weighted by Gasteiger charge is 2.15. The molecule has 2 aromatic rings. The van der Waals surface area contributed by atoms with Crippen molar-refractivity contribution < 1.29 is 4.79 Å². The Hall–Kier alpha value is -2.40. The van der Waals surface area contributed by atoms with Crippen molar-refractivity contribution in [1.29, 1.82) is 0 Å². The van der Waals surface area contributed by atoms with E-state index in [9.17, 15) is 4.79 Å². The lowest BCUT2D eigenvalue weighted by atomic mass is 10.1. The van der Waals surface area contributed by atoms with Crippen molar-refractivity contribution in [3.8, 4) is 0 Å². The maximum absolute atomic E-state index is 11.8. The van der Waals surface area contributed by atoms with E-state index in [2.05, 4.69) is 44.7 Å². The summed E-state index contributed by atoms with van der Waals surface area (Å²) in [6.07, 6.45) is 3.53. The van der Waals surface area contributed by atoms with Gasteiger partial charge in [0.25, 0.3) is 5.91 Å². The topological polar surface area (TPSA) is 60.5 Å². The number of likely N-dealkylation sites (tertiary alicyclic amines) is 1. The van der Waals surface area contributed by atoms with Crippen LogP contribution in [-0.4, -0.2) is 34.6 Å². The minimum Gasteiger partial charge on any atom is -0.357 e. The van der Waals surface area contributed by atoms with Gasteiger partial charge in [0.15, 0.2) is 0 Å². The number of rotatable bonds is 4. The summed E-state index contributed by atoms with van der Waals surface area (Å²) in [6.45, 7) is 2.93. The number of aromatic amines is 1. The van der Waals surface area contributed by atoms with E-state index in [-0.39, 0.29) is 5.91 Å². The number of hydrogen-bond acceptors (Lipinski definition) is 3. The number of hydrazone groups is 1. The molecule has 2 N–H and O–H groups in total. The Labute approximate surface area is 130 Å². The van der Waals surface area contributed by atoms with Crippen LogP contribution in [0.25, 0.3) is 0 Å². The quantitative estimate of drug-likeness (QED) is 0.851. The maximum Gasteiger partial charge on any atom is 0.287 e. The summed E-state index contributed by atoms with van der Waals surface area (Å²) < 4.78 is 0. The van der Waals surface area contributed by atoms with E-state index in [1.165, 1.54) is 5.56 Å². The molecule has 5 heteroatoms. The highest BCUT2D eigenvalue weighted by atomic mass is 16.2. The molecule has 1 aliphatic heterocycles. The van der Waals surface area contributed by atoms with Crippen LogP contribution in [0.5, 0.6) is 0 Å². The zero-order valence-electron chi connectivity index (χ0n) is 12.5. The Kier molecular flexibility index (Phi) is 4.65. The number of carbonyl (C=O) groups is 1. The summed E-state index contributed by atoms with van der Waals surface area (Å²) in [5.41, 5.74) is 5.55. The minimum atomic E-state index is -0.191. The highest BCUT2D eigenvalue weighted by molar-refractivity contribution is 5.94. The molecule has 3 rings (SSSR count). The standard InChI is InChI=1S/C17H20N4O/c22-17(16-7-4-10-18-16)20-19-15-8-11-21(12-9-15)13-14-5-2-1-3-6-14/h1-7,10,18H,8-9,11-13H2,(H,20,22). The van der Waals surface area contributed by atoms with Crippen molar-refractivity contribution in [2.45, 2.75) is 19.4 Å². The molecule has 5 nitrogen and oxygen atoms in total. The molecular weight excluding hydrogens is 276 g/mol. The van der Waals surface area contributed by atoms with Gasteiger partial charge in [-0.25, -0.2) is 5.43 Å². The molecule has 0 spiro atoms. The number of H-pyrrole nitrogens is 1. The molecule has 0 radical (unpaired) electrons. The first-order chi connectivity index (χ1) is 10.8. The van der Waals surface area contributed by atoms with Crippen LogP contribution in [0.1, 0.15) is 28.9 Å². The molecular formula is C17H20N4O. The predicted octanol–water partition coefficient (Wildman–Crippen LogP) is 2.40. The number of hydrogen-bond donors (Lipinski definition) is 2. The molecule has 1 aromatic heterocycles. The van der Waals surface area contributed by atoms with Crippen molar-refractivity contribution >= 4 is 11.6 Å². The summed E-state index contributed by atoms with van der Waals surface area (Å²) in [7, 11) is 0. The van der Waals surface area contributed by atoms with Crippen LogP contribution < -0.4 is 5.43 Å². The van der Waals surface area contributed by atoms with Crippen molar-refractivity contribution in [3.05, 3.63) is 59.9 Å². The second kappa shape index (κ2) is 7.04. The first kappa shape index (κ1) is 14.5. The van der Waals surface area contributed by atoms with Gasteiger partial charge < -0.3 is 4.98 Å². The lowest BCUT2D eigenvalue weighted by molar-refractivity contribution is 0.0950.